The first-order valence-corrected chi connectivity index (χ1v) is 14.9. The SMILES string of the molecule is Cc1cc(Cl)c(C(=O)CN(CC2CCC(C)(C)CC2)C(=O)c2cnn([C@H]3CC[C@@H](C(=O)O)CC3)c2C(F)(F)F)c(Cl)n1. The molecule has 1 amide bonds. The fourth-order valence-corrected chi connectivity index (χ4v) is 6.83. The molecule has 0 atom stereocenters. The number of amides is 1. The van der Waals surface area contributed by atoms with Crippen molar-refractivity contribution in [3.05, 3.63) is 45.0 Å². The van der Waals surface area contributed by atoms with Crippen LogP contribution in [-0.2, 0) is 11.0 Å². The zero-order valence-electron chi connectivity index (χ0n) is 23.8. The Morgan fingerprint density at radius 2 is 1.71 bits per heavy atom. The molecule has 8 nitrogen and oxygen atoms in total. The van der Waals surface area contributed by atoms with Gasteiger partial charge in [-0.1, -0.05) is 37.0 Å². The van der Waals surface area contributed by atoms with Gasteiger partial charge in [-0.25, -0.2) is 4.98 Å². The van der Waals surface area contributed by atoms with E-state index >= 15 is 0 Å². The summed E-state index contributed by atoms with van der Waals surface area (Å²) in [6.45, 7) is 5.50. The third kappa shape index (κ3) is 7.27. The summed E-state index contributed by atoms with van der Waals surface area (Å²) < 4.78 is 44.3. The average molecular weight is 632 g/mol. The van der Waals surface area contributed by atoms with Gasteiger partial charge in [-0.3, -0.25) is 19.1 Å². The minimum absolute atomic E-state index is 0.00691. The van der Waals surface area contributed by atoms with Crippen LogP contribution >= 0.6 is 23.2 Å². The van der Waals surface area contributed by atoms with Crippen molar-refractivity contribution in [3.63, 3.8) is 0 Å². The molecule has 0 bridgehead atoms. The number of rotatable bonds is 8. The standard InChI is InChI=1S/C29H35Cl2F3N4O4/c1-16-12-21(30)23(25(31)36-16)22(39)15-37(14-17-8-10-28(2,3)11-9-17)26(40)20-13-35-38(24(20)29(32,33)34)19-6-4-18(5-7-19)27(41)42/h12-13,17-19H,4-11,14-15H2,1-3H3,(H,41,42)/t18-,19+. The number of aryl methyl sites for hydroxylation is 1. The number of nitrogens with zero attached hydrogens (tertiary/aromatic N) is 4. The van der Waals surface area contributed by atoms with E-state index < -0.39 is 53.6 Å². The summed E-state index contributed by atoms with van der Waals surface area (Å²) >= 11 is 12.5. The van der Waals surface area contributed by atoms with Gasteiger partial charge in [0.25, 0.3) is 5.91 Å². The quantitative estimate of drug-likeness (QED) is 0.243. The van der Waals surface area contributed by atoms with Crippen molar-refractivity contribution < 1.29 is 32.7 Å². The summed E-state index contributed by atoms with van der Waals surface area (Å²) in [6, 6.07) is 0.756. The lowest BCUT2D eigenvalue weighted by molar-refractivity contribution is -0.147. The maximum atomic E-state index is 14.5. The number of carbonyl (C=O) groups is 3. The van der Waals surface area contributed by atoms with Crippen LogP contribution < -0.4 is 0 Å². The molecule has 0 aliphatic heterocycles. The number of aromatic nitrogens is 3. The molecule has 13 heteroatoms. The fraction of sp³-hybridized carbons (Fsp3) is 0.621. The molecule has 0 spiro atoms. The van der Waals surface area contributed by atoms with Gasteiger partial charge >= 0.3 is 12.1 Å². The van der Waals surface area contributed by atoms with E-state index in [0.29, 0.717) is 5.69 Å². The number of hydrogen-bond acceptors (Lipinski definition) is 5. The van der Waals surface area contributed by atoms with Crippen LogP contribution in [0.3, 0.4) is 0 Å². The maximum Gasteiger partial charge on any atom is 0.433 e. The summed E-state index contributed by atoms with van der Waals surface area (Å²) in [5.74, 6) is -3.19. The van der Waals surface area contributed by atoms with E-state index in [1.165, 1.54) is 6.07 Å². The van der Waals surface area contributed by atoms with Gasteiger partial charge < -0.3 is 10.0 Å². The number of halogens is 5. The van der Waals surface area contributed by atoms with Gasteiger partial charge in [0.1, 0.15) is 5.15 Å². The minimum Gasteiger partial charge on any atom is -0.481 e. The first-order chi connectivity index (χ1) is 19.6. The van der Waals surface area contributed by atoms with Crippen molar-refractivity contribution in [2.75, 3.05) is 13.1 Å². The molecule has 0 unspecified atom stereocenters. The average Bonchev–Trinajstić information content (AvgIpc) is 3.34. The van der Waals surface area contributed by atoms with E-state index in [4.69, 9.17) is 23.2 Å². The highest BCUT2D eigenvalue weighted by atomic mass is 35.5. The second kappa shape index (κ2) is 12.5. The molecule has 2 saturated carbocycles. The molecular weight excluding hydrogens is 596 g/mol. The van der Waals surface area contributed by atoms with Crippen LogP contribution in [0, 0.1) is 24.2 Å². The van der Waals surface area contributed by atoms with Crippen molar-refractivity contribution >= 4 is 40.9 Å². The highest BCUT2D eigenvalue weighted by Gasteiger charge is 2.44. The Hall–Kier alpha value is -2.66. The summed E-state index contributed by atoms with van der Waals surface area (Å²) in [5, 5.41) is 13.2. The summed E-state index contributed by atoms with van der Waals surface area (Å²) in [7, 11) is 0. The molecular formula is C29H35Cl2F3N4O4. The third-order valence-electron chi connectivity index (χ3n) is 8.58. The summed E-state index contributed by atoms with van der Waals surface area (Å²) in [5.41, 5.74) is -1.32. The van der Waals surface area contributed by atoms with E-state index in [-0.39, 0.29) is 59.3 Å². The van der Waals surface area contributed by atoms with Crippen LogP contribution in [-0.4, -0.2) is 55.5 Å². The third-order valence-corrected chi connectivity index (χ3v) is 9.15. The zero-order chi connectivity index (χ0) is 31.0. The highest BCUT2D eigenvalue weighted by molar-refractivity contribution is 6.39. The van der Waals surface area contributed by atoms with E-state index in [0.717, 1.165) is 41.5 Å². The van der Waals surface area contributed by atoms with Crippen molar-refractivity contribution in [2.24, 2.45) is 17.3 Å². The first kappa shape index (κ1) is 32.3. The minimum atomic E-state index is -4.91. The molecule has 42 heavy (non-hydrogen) atoms. The van der Waals surface area contributed by atoms with Gasteiger partial charge in [0.2, 0.25) is 0 Å². The number of pyridine rings is 1. The van der Waals surface area contributed by atoms with Crippen LogP contribution in [0.1, 0.15) is 103 Å². The lowest BCUT2D eigenvalue weighted by Crippen LogP contribution is -2.41. The number of alkyl halides is 3. The molecule has 4 rings (SSSR count). The number of hydrogen-bond donors (Lipinski definition) is 1. The Morgan fingerprint density at radius 1 is 1.10 bits per heavy atom. The molecule has 0 radical (unpaired) electrons. The zero-order valence-corrected chi connectivity index (χ0v) is 25.3. The predicted octanol–water partition coefficient (Wildman–Crippen LogP) is 7.27. The van der Waals surface area contributed by atoms with Gasteiger partial charge in [-0.05, 0) is 75.7 Å². The molecule has 0 saturated heterocycles. The normalized spacial score (nSPS) is 21.2. The van der Waals surface area contributed by atoms with Crippen LogP contribution in [0.25, 0.3) is 0 Å². The second-order valence-corrected chi connectivity index (χ2v) is 13.1. The molecule has 2 fully saturated rings. The lowest BCUT2D eigenvalue weighted by atomic mass is 9.73. The molecule has 1 N–H and O–H groups in total. The molecule has 2 heterocycles. The number of carboxylic acid groups (broad SMARTS) is 1. The van der Waals surface area contributed by atoms with Crippen molar-refractivity contribution in [2.45, 2.75) is 84.4 Å². The van der Waals surface area contributed by atoms with E-state index in [1.54, 1.807) is 6.92 Å². The monoisotopic (exact) mass is 630 g/mol. The van der Waals surface area contributed by atoms with Crippen LogP contribution in [0.4, 0.5) is 13.2 Å². The molecule has 2 aromatic rings. The second-order valence-electron chi connectivity index (χ2n) is 12.3. The first-order valence-electron chi connectivity index (χ1n) is 14.1. The molecule has 2 aromatic heterocycles. The Bertz CT molecular complexity index is 1320. The fourth-order valence-electron chi connectivity index (χ4n) is 6.09. The van der Waals surface area contributed by atoms with Crippen LogP contribution in [0.2, 0.25) is 10.2 Å². The van der Waals surface area contributed by atoms with Gasteiger partial charge in [0.15, 0.2) is 11.5 Å². The van der Waals surface area contributed by atoms with Crippen molar-refractivity contribution in [1.82, 2.24) is 19.7 Å². The Morgan fingerprint density at radius 3 is 2.26 bits per heavy atom. The molecule has 2 aliphatic carbocycles. The maximum absolute atomic E-state index is 14.5. The van der Waals surface area contributed by atoms with Gasteiger partial charge in [0.05, 0.1) is 40.9 Å². The van der Waals surface area contributed by atoms with Gasteiger partial charge in [0, 0.05) is 12.2 Å². The smallest absolute Gasteiger partial charge is 0.433 e. The largest absolute Gasteiger partial charge is 0.481 e. The molecule has 2 aliphatic rings. The number of carboxylic acids is 1. The Kier molecular flexibility index (Phi) is 9.62. The Balaban J connectivity index is 1.67. The van der Waals surface area contributed by atoms with E-state index in [2.05, 4.69) is 23.9 Å². The highest BCUT2D eigenvalue weighted by Crippen LogP contribution is 2.41. The molecule has 0 aromatic carbocycles. The topological polar surface area (TPSA) is 105 Å². The van der Waals surface area contributed by atoms with E-state index in [1.807, 2.05) is 0 Å². The van der Waals surface area contributed by atoms with Crippen LogP contribution in [0.5, 0.6) is 0 Å². The lowest BCUT2D eigenvalue weighted by Gasteiger charge is -2.36. The van der Waals surface area contributed by atoms with E-state index in [9.17, 15) is 32.7 Å². The number of Topliss-reactive ketones (excluding diaryl/α,β-unsaturated/α-hetero) is 1. The van der Waals surface area contributed by atoms with Crippen molar-refractivity contribution in [1.29, 1.82) is 0 Å². The Labute approximate surface area is 252 Å². The number of aliphatic carboxylic acids is 1. The predicted molar refractivity (Wildman–Crippen MR) is 151 cm³/mol. The van der Waals surface area contributed by atoms with Gasteiger partial charge in [-0.2, -0.15) is 18.3 Å². The van der Waals surface area contributed by atoms with Crippen LogP contribution in [0.15, 0.2) is 12.3 Å². The van der Waals surface area contributed by atoms with Crippen molar-refractivity contribution in [3.8, 4) is 0 Å². The number of carbonyl (C=O) groups excluding carboxylic acids is 2. The van der Waals surface area contributed by atoms with Gasteiger partial charge in [-0.15, -0.1) is 0 Å². The molecule has 230 valence electrons. The summed E-state index contributed by atoms with van der Waals surface area (Å²) in [4.78, 5) is 43.9. The summed E-state index contributed by atoms with van der Waals surface area (Å²) in [6.07, 6.45) is 0.0892. The number of ketones is 1.